The fraction of sp³-hybridized carbons (Fsp3) is 0.214. The summed E-state index contributed by atoms with van der Waals surface area (Å²) in [5.74, 6) is -0.923. The number of carboxylic acid groups (broad SMARTS) is 1. The Morgan fingerprint density at radius 3 is 2.76 bits per heavy atom. The maximum atomic E-state index is 10.9. The highest BCUT2D eigenvalue weighted by atomic mass is 32.1. The third kappa shape index (κ3) is 3.87. The minimum Gasteiger partial charge on any atom is -0.477 e. The molecule has 0 unspecified atom stereocenters. The number of benzene rings is 1. The van der Waals surface area contributed by atoms with Crippen LogP contribution in [0.1, 0.15) is 25.7 Å². The zero-order chi connectivity index (χ0) is 15.4. The van der Waals surface area contributed by atoms with Crippen molar-refractivity contribution >= 4 is 23.0 Å². The Bertz CT molecular complexity index is 681. The molecule has 0 spiro atoms. The number of nitrogens with zero attached hydrogens (tertiary/aromatic N) is 1. The number of nitro groups is 1. The second kappa shape index (κ2) is 6.47. The van der Waals surface area contributed by atoms with Crippen LogP contribution in [0.2, 0.25) is 0 Å². The van der Waals surface area contributed by atoms with E-state index in [2.05, 4.69) is 5.32 Å². The smallest absolute Gasteiger partial charge is 0.345 e. The van der Waals surface area contributed by atoms with Crippen LogP contribution in [0.5, 0.6) is 0 Å². The van der Waals surface area contributed by atoms with Gasteiger partial charge in [-0.25, -0.2) is 4.79 Å². The van der Waals surface area contributed by atoms with E-state index in [0.29, 0.717) is 18.0 Å². The highest BCUT2D eigenvalue weighted by Gasteiger charge is 2.11. The van der Waals surface area contributed by atoms with E-state index in [0.717, 1.165) is 16.0 Å². The molecule has 0 bridgehead atoms. The average molecular weight is 306 g/mol. The third-order valence-electron chi connectivity index (χ3n) is 3.00. The highest BCUT2D eigenvalue weighted by molar-refractivity contribution is 7.14. The molecule has 0 aliphatic rings. The standard InChI is InChI=1S/C14H14N2O4S/c1-9-11(6-13(21-9)14(17)18)8-15-7-10-3-2-4-12(5-10)16(19)20/h2-6,15H,7-8H2,1H3,(H,17,18). The van der Waals surface area contributed by atoms with Crippen LogP contribution in [0.3, 0.4) is 0 Å². The zero-order valence-electron chi connectivity index (χ0n) is 11.3. The number of hydrogen-bond acceptors (Lipinski definition) is 5. The summed E-state index contributed by atoms with van der Waals surface area (Å²) in [7, 11) is 0. The van der Waals surface area contributed by atoms with E-state index in [-0.39, 0.29) is 5.69 Å². The maximum Gasteiger partial charge on any atom is 0.345 e. The summed E-state index contributed by atoms with van der Waals surface area (Å²) in [6, 6.07) is 8.08. The zero-order valence-corrected chi connectivity index (χ0v) is 12.1. The Hall–Kier alpha value is -2.25. The van der Waals surface area contributed by atoms with E-state index >= 15 is 0 Å². The number of aryl methyl sites for hydroxylation is 1. The fourth-order valence-corrected chi connectivity index (χ4v) is 2.80. The number of hydrogen-bond donors (Lipinski definition) is 2. The molecule has 110 valence electrons. The van der Waals surface area contributed by atoms with E-state index in [1.807, 2.05) is 13.0 Å². The molecule has 1 heterocycles. The van der Waals surface area contributed by atoms with E-state index in [1.165, 1.54) is 23.5 Å². The lowest BCUT2D eigenvalue weighted by atomic mass is 10.2. The minimum absolute atomic E-state index is 0.0641. The van der Waals surface area contributed by atoms with Gasteiger partial charge in [-0.2, -0.15) is 0 Å². The predicted octanol–water partition coefficient (Wildman–Crippen LogP) is 2.95. The molecule has 6 nitrogen and oxygen atoms in total. The lowest BCUT2D eigenvalue weighted by Gasteiger charge is -2.04. The first kappa shape index (κ1) is 15.1. The fourth-order valence-electron chi connectivity index (χ4n) is 1.92. The van der Waals surface area contributed by atoms with Gasteiger partial charge in [-0.1, -0.05) is 12.1 Å². The van der Waals surface area contributed by atoms with Gasteiger partial charge in [-0.15, -0.1) is 11.3 Å². The molecule has 1 aromatic carbocycles. The molecular weight excluding hydrogens is 292 g/mol. The Morgan fingerprint density at radius 1 is 1.38 bits per heavy atom. The van der Waals surface area contributed by atoms with E-state index in [9.17, 15) is 14.9 Å². The summed E-state index contributed by atoms with van der Waals surface area (Å²) < 4.78 is 0. The summed E-state index contributed by atoms with van der Waals surface area (Å²) >= 11 is 1.25. The van der Waals surface area contributed by atoms with Gasteiger partial charge < -0.3 is 10.4 Å². The number of aromatic carboxylic acids is 1. The molecule has 21 heavy (non-hydrogen) atoms. The molecule has 0 radical (unpaired) electrons. The van der Waals surface area contributed by atoms with Gasteiger partial charge in [0.05, 0.1) is 4.92 Å². The van der Waals surface area contributed by atoms with Crippen LogP contribution in [0, 0.1) is 17.0 Å². The monoisotopic (exact) mass is 306 g/mol. The van der Waals surface area contributed by atoms with Crippen molar-refractivity contribution in [2.24, 2.45) is 0 Å². The summed E-state index contributed by atoms with van der Waals surface area (Å²) in [6.07, 6.45) is 0. The van der Waals surface area contributed by atoms with E-state index < -0.39 is 10.9 Å². The van der Waals surface area contributed by atoms with Crippen molar-refractivity contribution < 1.29 is 14.8 Å². The number of non-ortho nitro benzene ring substituents is 1. The highest BCUT2D eigenvalue weighted by Crippen LogP contribution is 2.21. The van der Waals surface area contributed by atoms with Gasteiger partial charge in [0.1, 0.15) is 4.88 Å². The maximum absolute atomic E-state index is 10.9. The molecule has 1 aromatic heterocycles. The number of thiophene rings is 1. The summed E-state index contributed by atoms with van der Waals surface area (Å²) in [5.41, 5.74) is 1.81. The van der Waals surface area contributed by atoms with Crippen molar-refractivity contribution in [3.8, 4) is 0 Å². The lowest BCUT2D eigenvalue weighted by Crippen LogP contribution is -2.12. The van der Waals surface area contributed by atoms with Gasteiger partial charge in [0, 0.05) is 30.1 Å². The molecule has 2 N–H and O–H groups in total. The summed E-state index contributed by atoms with van der Waals surface area (Å²) in [5, 5.41) is 22.8. The normalized spacial score (nSPS) is 10.5. The Labute approximate surface area is 125 Å². The molecule has 7 heteroatoms. The molecular formula is C14H14N2O4S. The van der Waals surface area contributed by atoms with Gasteiger partial charge in [-0.05, 0) is 24.1 Å². The van der Waals surface area contributed by atoms with E-state index in [1.54, 1.807) is 12.1 Å². The van der Waals surface area contributed by atoms with Crippen LogP contribution >= 0.6 is 11.3 Å². The van der Waals surface area contributed by atoms with Gasteiger partial charge in [0.2, 0.25) is 0 Å². The topological polar surface area (TPSA) is 92.5 Å². The van der Waals surface area contributed by atoms with Gasteiger partial charge in [0.25, 0.3) is 5.69 Å². The van der Waals surface area contributed by atoms with Crippen molar-refractivity contribution in [1.29, 1.82) is 0 Å². The Balaban J connectivity index is 1.97. The molecule has 0 saturated heterocycles. The first-order valence-electron chi connectivity index (χ1n) is 6.24. The summed E-state index contributed by atoms with van der Waals surface area (Å²) in [4.78, 5) is 22.4. The quantitative estimate of drug-likeness (QED) is 0.632. The first-order chi connectivity index (χ1) is 9.97. The number of carboxylic acids is 1. The minimum atomic E-state index is -0.923. The van der Waals surface area contributed by atoms with Crippen LogP contribution in [0.25, 0.3) is 0 Å². The van der Waals surface area contributed by atoms with E-state index in [4.69, 9.17) is 5.11 Å². The molecule has 0 aliphatic heterocycles. The third-order valence-corrected chi connectivity index (χ3v) is 4.08. The summed E-state index contributed by atoms with van der Waals surface area (Å²) in [6.45, 7) is 2.89. The number of nitrogens with one attached hydrogen (secondary N) is 1. The van der Waals surface area contributed by atoms with Gasteiger partial charge >= 0.3 is 5.97 Å². The van der Waals surface area contributed by atoms with Crippen LogP contribution in [-0.2, 0) is 13.1 Å². The van der Waals surface area contributed by atoms with Crippen molar-refractivity contribution in [1.82, 2.24) is 5.32 Å². The number of carbonyl (C=O) groups is 1. The van der Waals surface area contributed by atoms with Crippen LogP contribution < -0.4 is 5.32 Å². The van der Waals surface area contributed by atoms with Crippen LogP contribution in [0.4, 0.5) is 5.69 Å². The SMILES string of the molecule is Cc1sc(C(=O)O)cc1CNCc1cccc([N+](=O)[O-])c1. The van der Waals surface area contributed by atoms with Crippen LogP contribution in [-0.4, -0.2) is 16.0 Å². The van der Waals surface area contributed by atoms with Crippen molar-refractivity contribution in [3.05, 3.63) is 61.3 Å². The first-order valence-corrected chi connectivity index (χ1v) is 7.05. The second-order valence-electron chi connectivity index (χ2n) is 4.53. The molecule has 0 amide bonds. The second-order valence-corrected chi connectivity index (χ2v) is 5.78. The van der Waals surface area contributed by atoms with Gasteiger partial charge in [0.15, 0.2) is 0 Å². The Kier molecular flexibility index (Phi) is 4.66. The molecule has 2 rings (SSSR count). The molecule has 0 atom stereocenters. The Morgan fingerprint density at radius 2 is 2.14 bits per heavy atom. The van der Waals surface area contributed by atoms with Crippen molar-refractivity contribution in [2.75, 3.05) is 0 Å². The van der Waals surface area contributed by atoms with Crippen LogP contribution in [0.15, 0.2) is 30.3 Å². The predicted molar refractivity (Wildman–Crippen MR) is 79.7 cm³/mol. The largest absolute Gasteiger partial charge is 0.477 e. The number of nitro benzene ring substituents is 1. The average Bonchev–Trinajstić information content (AvgIpc) is 2.81. The molecule has 0 fully saturated rings. The molecule has 0 saturated carbocycles. The number of rotatable bonds is 6. The van der Waals surface area contributed by atoms with Crippen molar-refractivity contribution in [3.63, 3.8) is 0 Å². The molecule has 2 aromatic rings. The molecule has 0 aliphatic carbocycles. The van der Waals surface area contributed by atoms with Crippen molar-refractivity contribution in [2.45, 2.75) is 20.0 Å². The van der Waals surface area contributed by atoms with Gasteiger partial charge in [-0.3, -0.25) is 10.1 Å². The lowest BCUT2D eigenvalue weighted by molar-refractivity contribution is -0.384.